The number of amides is 1. The molecule has 94 valence electrons. The van der Waals surface area contributed by atoms with Crippen molar-refractivity contribution in [2.24, 2.45) is 0 Å². The standard InChI is InChI=1S/C11H13N5OS/c1-12-9-7-15-8(6-16-9)11(17)14-3-2-10-13-4-5-18-10/h4-7H,2-3H2,1H3,(H,12,16)(H,14,17). The quantitative estimate of drug-likeness (QED) is 0.839. The summed E-state index contributed by atoms with van der Waals surface area (Å²) in [6, 6.07) is 0. The van der Waals surface area contributed by atoms with E-state index >= 15 is 0 Å². The Bertz CT molecular complexity index is 497. The van der Waals surface area contributed by atoms with Crippen molar-refractivity contribution in [3.8, 4) is 0 Å². The summed E-state index contributed by atoms with van der Waals surface area (Å²) in [5, 5.41) is 8.54. The zero-order valence-corrected chi connectivity index (χ0v) is 10.7. The zero-order chi connectivity index (χ0) is 12.8. The van der Waals surface area contributed by atoms with Crippen LogP contribution in [-0.2, 0) is 6.42 Å². The minimum absolute atomic E-state index is 0.221. The summed E-state index contributed by atoms with van der Waals surface area (Å²) < 4.78 is 0. The predicted molar refractivity (Wildman–Crippen MR) is 69.7 cm³/mol. The molecule has 0 radical (unpaired) electrons. The summed E-state index contributed by atoms with van der Waals surface area (Å²) >= 11 is 1.58. The molecule has 18 heavy (non-hydrogen) atoms. The van der Waals surface area contributed by atoms with Gasteiger partial charge < -0.3 is 10.6 Å². The molecule has 0 unspecified atom stereocenters. The van der Waals surface area contributed by atoms with Crippen molar-refractivity contribution in [1.29, 1.82) is 0 Å². The topological polar surface area (TPSA) is 79.8 Å². The van der Waals surface area contributed by atoms with Crippen LogP contribution in [0.1, 0.15) is 15.5 Å². The number of carbonyl (C=O) groups excluding carboxylic acids is 1. The molecule has 0 atom stereocenters. The number of thiazole rings is 1. The summed E-state index contributed by atoms with van der Waals surface area (Å²) in [7, 11) is 1.75. The van der Waals surface area contributed by atoms with Crippen LogP contribution < -0.4 is 10.6 Å². The Labute approximate surface area is 109 Å². The van der Waals surface area contributed by atoms with Gasteiger partial charge in [0.15, 0.2) is 0 Å². The molecule has 7 heteroatoms. The van der Waals surface area contributed by atoms with Gasteiger partial charge in [-0.05, 0) is 0 Å². The molecule has 0 aliphatic carbocycles. The van der Waals surface area contributed by atoms with Crippen LogP contribution in [0.4, 0.5) is 5.82 Å². The van der Waals surface area contributed by atoms with Gasteiger partial charge in [0.1, 0.15) is 11.5 Å². The number of rotatable bonds is 5. The van der Waals surface area contributed by atoms with E-state index in [1.54, 1.807) is 24.6 Å². The molecule has 0 aromatic carbocycles. The third-order valence-corrected chi connectivity index (χ3v) is 3.09. The molecule has 2 aromatic heterocycles. The fourth-order valence-corrected chi connectivity index (χ4v) is 1.94. The Balaban J connectivity index is 1.83. The van der Waals surface area contributed by atoms with Crippen LogP contribution in [0.25, 0.3) is 0 Å². The lowest BCUT2D eigenvalue weighted by atomic mass is 10.4. The fourth-order valence-electron chi connectivity index (χ4n) is 1.32. The lowest BCUT2D eigenvalue weighted by molar-refractivity contribution is 0.0949. The molecule has 1 amide bonds. The normalized spacial score (nSPS) is 10.1. The van der Waals surface area contributed by atoms with Crippen molar-refractivity contribution in [2.45, 2.75) is 6.42 Å². The second-order valence-electron chi connectivity index (χ2n) is 3.47. The fraction of sp³-hybridized carbons (Fsp3) is 0.273. The van der Waals surface area contributed by atoms with Gasteiger partial charge in [-0.25, -0.2) is 15.0 Å². The van der Waals surface area contributed by atoms with Gasteiger partial charge in [-0.1, -0.05) is 0 Å². The number of nitrogens with one attached hydrogen (secondary N) is 2. The number of nitrogens with zero attached hydrogens (tertiary/aromatic N) is 3. The SMILES string of the molecule is CNc1cnc(C(=O)NCCc2nccs2)cn1. The highest BCUT2D eigenvalue weighted by molar-refractivity contribution is 7.09. The second-order valence-corrected chi connectivity index (χ2v) is 4.45. The molecule has 0 bridgehead atoms. The Morgan fingerprint density at radius 3 is 2.83 bits per heavy atom. The van der Waals surface area contributed by atoms with Crippen molar-refractivity contribution < 1.29 is 4.79 Å². The van der Waals surface area contributed by atoms with Gasteiger partial charge in [0.25, 0.3) is 5.91 Å². The Morgan fingerprint density at radius 2 is 2.22 bits per heavy atom. The number of hydrogen-bond donors (Lipinski definition) is 2. The van der Waals surface area contributed by atoms with Crippen molar-refractivity contribution in [1.82, 2.24) is 20.3 Å². The van der Waals surface area contributed by atoms with Gasteiger partial charge in [-0.3, -0.25) is 4.79 Å². The first-order chi connectivity index (χ1) is 8.79. The van der Waals surface area contributed by atoms with Crippen molar-refractivity contribution >= 4 is 23.1 Å². The largest absolute Gasteiger partial charge is 0.372 e. The molecular formula is C11H13N5OS. The maximum atomic E-state index is 11.7. The third-order valence-electron chi connectivity index (χ3n) is 2.25. The van der Waals surface area contributed by atoms with Gasteiger partial charge in [0, 0.05) is 31.6 Å². The van der Waals surface area contributed by atoms with Crippen LogP contribution in [-0.4, -0.2) is 34.5 Å². The molecule has 2 rings (SSSR count). The molecule has 0 aliphatic heterocycles. The smallest absolute Gasteiger partial charge is 0.271 e. The van der Waals surface area contributed by atoms with Crippen LogP contribution in [0.5, 0.6) is 0 Å². The number of hydrogen-bond acceptors (Lipinski definition) is 6. The molecule has 0 fully saturated rings. The maximum absolute atomic E-state index is 11.7. The molecule has 2 aromatic rings. The lowest BCUT2D eigenvalue weighted by Crippen LogP contribution is -2.26. The Morgan fingerprint density at radius 1 is 1.33 bits per heavy atom. The van der Waals surface area contributed by atoms with E-state index in [0.717, 1.165) is 11.4 Å². The summed E-state index contributed by atoms with van der Waals surface area (Å²) in [5.41, 5.74) is 0.313. The summed E-state index contributed by atoms with van der Waals surface area (Å²) in [5.74, 6) is 0.413. The highest BCUT2D eigenvalue weighted by Crippen LogP contribution is 2.04. The van der Waals surface area contributed by atoms with Crippen molar-refractivity contribution in [2.75, 3.05) is 18.9 Å². The summed E-state index contributed by atoms with van der Waals surface area (Å²) in [4.78, 5) is 23.9. The predicted octanol–water partition coefficient (Wildman–Crippen LogP) is 0.947. The minimum atomic E-state index is -0.221. The van der Waals surface area contributed by atoms with Crippen LogP contribution in [0.3, 0.4) is 0 Å². The third kappa shape index (κ3) is 3.24. The second kappa shape index (κ2) is 6.06. The molecule has 0 saturated heterocycles. The maximum Gasteiger partial charge on any atom is 0.271 e. The first-order valence-corrected chi connectivity index (χ1v) is 6.34. The number of aromatic nitrogens is 3. The summed E-state index contributed by atoms with van der Waals surface area (Å²) in [6.45, 7) is 0.543. The van der Waals surface area contributed by atoms with E-state index in [1.807, 2.05) is 5.38 Å². The molecule has 0 saturated carbocycles. The zero-order valence-electron chi connectivity index (χ0n) is 9.88. The Kier molecular flexibility index (Phi) is 4.19. The van der Waals surface area contributed by atoms with Gasteiger partial charge in [-0.2, -0.15) is 0 Å². The Hall–Kier alpha value is -2.02. The number of anilines is 1. The first kappa shape index (κ1) is 12.4. The van der Waals surface area contributed by atoms with E-state index in [1.165, 1.54) is 12.4 Å². The lowest BCUT2D eigenvalue weighted by Gasteiger charge is -2.03. The summed E-state index contributed by atoms with van der Waals surface area (Å²) in [6.07, 6.45) is 5.45. The van der Waals surface area contributed by atoms with E-state index < -0.39 is 0 Å². The van der Waals surface area contributed by atoms with E-state index in [0.29, 0.717) is 18.1 Å². The average Bonchev–Trinajstić information content (AvgIpc) is 2.92. The monoisotopic (exact) mass is 263 g/mol. The minimum Gasteiger partial charge on any atom is -0.372 e. The first-order valence-electron chi connectivity index (χ1n) is 5.46. The molecule has 6 nitrogen and oxygen atoms in total. The van der Waals surface area contributed by atoms with Gasteiger partial charge in [-0.15, -0.1) is 11.3 Å². The molecule has 0 aliphatic rings. The van der Waals surface area contributed by atoms with Crippen molar-refractivity contribution in [3.05, 3.63) is 34.7 Å². The molecule has 2 N–H and O–H groups in total. The average molecular weight is 263 g/mol. The van der Waals surface area contributed by atoms with Gasteiger partial charge >= 0.3 is 0 Å². The highest BCUT2D eigenvalue weighted by Gasteiger charge is 2.07. The molecule has 2 heterocycles. The van der Waals surface area contributed by atoms with E-state index in [-0.39, 0.29) is 5.91 Å². The molecular weight excluding hydrogens is 250 g/mol. The molecule has 0 spiro atoms. The number of carbonyl (C=O) groups is 1. The van der Waals surface area contributed by atoms with Gasteiger partial charge in [0.2, 0.25) is 0 Å². The van der Waals surface area contributed by atoms with Gasteiger partial charge in [0.05, 0.1) is 17.4 Å². The van der Waals surface area contributed by atoms with Crippen LogP contribution in [0, 0.1) is 0 Å². The van der Waals surface area contributed by atoms with Crippen molar-refractivity contribution in [3.63, 3.8) is 0 Å². The van der Waals surface area contributed by atoms with Crippen LogP contribution in [0.15, 0.2) is 24.0 Å². The highest BCUT2D eigenvalue weighted by atomic mass is 32.1. The van der Waals surface area contributed by atoms with Crippen LogP contribution in [0.2, 0.25) is 0 Å². The van der Waals surface area contributed by atoms with Crippen LogP contribution >= 0.6 is 11.3 Å². The van der Waals surface area contributed by atoms with E-state index in [9.17, 15) is 4.79 Å². The van der Waals surface area contributed by atoms with E-state index in [4.69, 9.17) is 0 Å². The van der Waals surface area contributed by atoms with E-state index in [2.05, 4.69) is 25.6 Å².